The molecule has 0 aromatic carbocycles. The van der Waals surface area contributed by atoms with Gasteiger partial charge in [0.15, 0.2) is 12.4 Å². The normalized spacial score (nSPS) is 20.8. The van der Waals surface area contributed by atoms with E-state index in [0.29, 0.717) is 12.8 Å². The van der Waals surface area contributed by atoms with Gasteiger partial charge in [-0.2, -0.15) is 8.42 Å². The quantitative estimate of drug-likeness (QED) is 0.0203. The third kappa shape index (κ3) is 32.2. The van der Waals surface area contributed by atoms with E-state index in [9.17, 15) is 37.9 Å². The molecule has 1 saturated heterocycles. The van der Waals surface area contributed by atoms with E-state index in [1.54, 1.807) is 0 Å². The minimum absolute atomic E-state index is 0.0877. The highest BCUT2D eigenvalue weighted by Gasteiger charge is 2.46. The summed E-state index contributed by atoms with van der Waals surface area (Å²) in [6.45, 7) is 3.55. The first-order valence-electron chi connectivity index (χ1n) is 22.6. The predicted octanol–water partition coefficient (Wildman–Crippen LogP) is 9.28. The molecule has 0 amide bonds. The van der Waals surface area contributed by atoms with Crippen molar-refractivity contribution >= 4 is 22.1 Å². The summed E-state index contributed by atoms with van der Waals surface area (Å²) in [5.74, 6) is -2.11. The molecule has 0 aromatic rings. The van der Waals surface area contributed by atoms with Crippen LogP contribution in [0.5, 0.6) is 0 Å². The zero-order chi connectivity index (χ0) is 44.8. The maximum Gasteiger partial charge on any atom is 0.306 e. The van der Waals surface area contributed by atoms with Crippen LogP contribution in [0.25, 0.3) is 0 Å². The van der Waals surface area contributed by atoms with Crippen LogP contribution in [0.1, 0.15) is 149 Å². The van der Waals surface area contributed by atoms with Gasteiger partial charge in [0, 0.05) is 12.8 Å². The average Bonchev–Trinajstić information content (AvgIpc) is 3.22. The number of unbranched alkanes of at least 4 members (excludes halogenated alkanes) is 10. The van der Waals surface area contributed by atoms with Crippen molar-refractivity contribution in [1.29, 1.82) is 0 Å². The molecule has 1 aliphatic rings. The van der Waals surface area contributed by atoms with E-state index in [0.717, 1.165) is 77.0 Å². The van der Waals surface area contributed by atoms with Gasteiger partial charge in [-0.1, -0.05) is 144 Å². The molecule has 0 spiro atoms. The number of aliphatic hydroxyl groups excluding tert-OH is 3. The molecule has 12 nitrogen and oxygen atoms in total. The molecule has 0 radical (unpaired) electrons. The Bertz CT molecular complexity index is 1450. The highest BCUT2D eigenvalue weighted by molar-refractivity contribution is 7.85. The van der Waals surface area contributed by atoms with Crippen LogP contribution in [0, 0.1) is 0 Å². The van der Waals surface area contributed by atoms with Crippen LogP contribution >= 0.6 is 0 Å². The fraction of sp³-hybridized carbons (Fsp3) is 0.667. The monoisotopic (exact) mass is 879 g/mol. The molecule has 0 aliphatic carbocycles. The molecule has 4 N–H and O–H groups in total. The zero-order valence-corrected chi connectivity index (χ0v) is 37.8. The lowest BCUT2D eigenvalue weighted by molar-refractivity contribution is -0.297. The van der Waals surface area contributed by atoms with Crippen molar-refractivity contribution in [3.63, 3.8) is 0 Å². The van der Waals surface area contributed by atoms with Gasteiger partial charge in [0.1, 0.15) is 36.8 Å². The topological polar surface area (TPSA) is 186 Å². The van der Waals surface area contributed by atoms with Gasteiger partial charge in [-0.25, -0.2) is 0 Å². The van der Waals surface area contributed by atoms with Crippen molar-refractivity contribution in [3.05, 3.63) is 85.1 Å². The second-order valence-corrected chi connectivity index (χ2v) is 16.8. The third-order valence-electron chi connectivity index (χ3n) is 9.72. The van der Waals surface area contributed by atoms with Crippen molar-refractivity contribution < 1.29 is 56.8 Å². The predicted molar refractivity (Wildman–Crippen MR) is 242 cm³/mol. The number of esters is 2. The Morgan fingerprint density at radius 3 is 1.61 bits per heavy atom. The molecule has 13 heteroatoms. The van der Waals surface area contributed by atoms with Crippen molar-refractivity contribution in [3.8, 4) is 0 Å². The van der Waals surface area contributed by atoms with Crippen molar-refractivity contribution in [2.45, 2.75) is 185 Å². The van der Waals surface area contributed by atoms with Gasteiger partial charge in [-0.05, 0) is 77.0 Å². The standard InChI is InChI=1S/C48H78O12S/c1-3-5-7-9-11-13-15-17-19-20-21-22-23-25-26-28-30-32-34-36-43(49)57-38-41(39-58-48-47(53)46(52)45(51)42(60-48)40-61(54,55)56)59-44(50)37-35-33-31-29-27-24-18-16-14-12-10-8-6-4-2/h5,7,11,13,16-19,21-22,25-26,30,32,41-42,45-48,51-53H,3-4,6,8-10,12,14-15,20,23-24,27-29,31,33-40H2,1-2H3,(H,54,55,56)/b7-5+,13-11+,18-16+,19-17+,22-21+,26-25+,32-30+/t41-,42-,45-,46?,47?,48+/m1/s1. The number of aliphatic hydroxyl groups is 3. The largest absolute Gasteiger partial charge is 0.462 e. The Balaban J connectivity index is 2.51. The van der Waals surface area contributed by atoms with Crippen LogP contribution in [0.2, 0.25) is 0 Å². The summed E-state index contributed by atoms with van der Waals surface area (Å²) in [5, 5.41) is 30.9. The molecule has 6 atom stereocenters. The minimum atomic E-state index is -4.62. The highest BCUT2D eigenvalue weighted by Crippen LogP contribution is 2.24. The summed E-state index contributed by atoms with van der Waals surface area (Å²) in [5.41, 5.74) is 0. The Kier molecular flexibility index (Phi) is 34.2. The number of ether oxygens (including phenoxy) is 4. The Hall–Kier alpha value is -3.17. The molecule has 1 rings (SSSR count). The molecule has 2 unspecified atom stereocenters. The van der Waals surface area contributed by atoms with E-state index < -0.39 is 71.2 Å². The van der Waals surface area contributed by atoms with Crippen molar-refractivity contribution in [1.82, 2.24) is 0 Å². The molecular weight excluding hydrogens is 801 g/mol. The van der Waals surface area contributed by atoms with Crippen LogP contribution in [-0.4, -0.2) is 96.0 Å². The molecular formula is C48H78O12S. The fourth-order valence-electron chi connectivity index (χ4n) is 6.22. The van der Waals surface area contributed by atoms with Crippen LogP contribution in [0.3, 0.4) is 0 Å². The van der Waals surface area contributed by atoms with Gasteiger partial charge >= 0.3 is 11.9 Å². The zero-order valence-electron chi connectivity index (χ0n) is 37.0. The summed E-state index contributed by atoms with van der Waals surface area (Å²) in [6, 6.07) is 0. The first-order valence-corrected chi connectivity index (χ1v) is 24.3. The lowest BCUT2D eigenvalue weighted by atomic mass is 10.00. The number of hydrogen-bond donors (Lipinski definition) is 4. The Labute approximate surface area is 367 Å². The molecule has 1 heterocycles. The van der Waals surface area contributed by atoms with Crippen molar-refractivity contribution in [2.75, 3.05) is 19.0 Å². The van der Waals surface area contributed by atoms with E-state index in [1.165, 1.54) is 32.1 Å². The number of carbonyl (C=O) groups excluding carboxylic acids is 2. The van der Waals surface area contributed by atoms with Crippen LogP contribution < -0.4 is 0 Å². The van der Waals surface area contributed by atoms with Crippen LogP contribution in [0.4, 0.5) is 0 Å². The van der Waals surface area contributed by atoms with E-state index in [2.05, 4.69) is 86.8 Å². The summed E-state index contributed by atoms with van der Waals surface area (Å²) < 4.78 is 54.0. The van der Waals surface area contributed by atoms with Gasteiger partial charge in [0.25, 0.3) is 10.1 Å². The van der Waals surface area contributed by atoms with Gasteiger partial charge in [0.05, 0.1) is 6.61 Å². The smallest absolute Gasteiger partial charge is 0.306 e. The summed E-state index contributed by atoms with van der Waals surface area (Å²) in [4.78, 5) is 25.4. The van der Waals surface area contributed by atoms with E-state index >= 15 is 0 Å². The van der Waals surface area contributed by atoms with Crippen molar-refractivity contribution in [2.24, 2.45) is 0 Å². The maximum absolute atomic E-state index is 12.8. The maximum atomic E-state index is 12.8. The van der Waals surface area contributed by atoms with Crippen LogP contribution in [0.15, 0.2) is 85.1 Å². The number of hydrogen-bond acceptors (Lipinski definition) is 11. The number of allylic oxidation sites excluding steroid dienone is 14. The molecule has 348 valence electrons. The second kappa shape index (κ2) is 37.4. The summed E-state index contributed by atoms with van der Waals surface area (Å²) >= 11 is 0. The van der Waals surface area contributed by atoms with Crippen LogP contribution in [-0.2, 0) is 38.7 Å². The number of rotatable bonds is 36. The van der Waals surface area contributed by atoms with E-state index in [4.69, 9.17) is 18.9 Å². The van der Waals surface area contributed by atoms with E-state index in [-0.39, 0.29) is 19.4 Å². The van der Waals surface area contributed by atoms with E-state index in [1.807, 2.05) is 12.2 Å². The molecule has 0 bridgehead atoms. The highest BCUT2D eigenvalue weighted by atomic mass is 32.2. The number of carbonyl (C=O) groups is 2. The average molecular weight is 879 g/mol. The SMILES string of the molecule is CC/C=C/C/C=C/C/C=C/C/C=C/C/C=C/C/C=C/CCC(=O)OC[C@H](CO[C@H]1O[C@H](CS(=O)(=O)O)[C@@H](O)C(O)C1O)OC(=O)CCCCCCC/C=C/CCCCCCC. The first-order chi connectivity index (χ1) is 29.5. The lowest BCUT2D eigenvalue weighted by Crippen LogP contribution is -2.60. The molecule has 0 saturated carbocycles. The second-order valence-electron chi connectivity index (χ2n) is 15.3. The van der Waals surface area contributed by atoms with Gasteiger partial charge < -0.3 is 34.3 Å². The minimum Gasteiger partial charge on any atom is -0.462 e. The fourth-order valence-corrected chi connectivity index (χ4v) is 6.92. The van der Waals surface area contributed by atoms with Gasteiger partial charge in [0.2, 0.25) is 0 Å². The molecule has 1 fully saturated rings. The Morgan fingerprint density at radius 1 is 0.574 bits per heavy atom. The van der Waals surface area contributed by atoms with Gasteiger partial charge in [-0.15, -0.1) is 0 Å². The third-order valence-corrected chi connectivity index (χ3v) is 10.5. The summed E-state index contributed by atoms with van der Waals surface area (Å²) in [6.07, 6.45) is 39.2. The summed E-state index contributed by atoms with van der Waals surface area (Å²) in [7, 11) is -4.62. The lowest BCUT2D eigenvalue weighted by Gasteiger charge is -2.40. The molecule has 1 aliphatic heterocycles. The molecule has 0 aromatic heterocycles. The first kappa shape index (κ1) is 55.8. The van der Waals surface area contributed by atoms with Gasteiger partial charge in [-0.3, -0.25) is 14.1 Å². The Morgan fingerprint density at radius 2 is 1.07 bits per heavy atom. The molecule has 61 heavy (non-hydrogen) atoms.